The van der Waals surface area contributed by atoms with Gasteiger partial charge in [0.05, 0.1) is 29.8 Å². The average Bonchev–Trinajstić information content (AvgIpc) is 4.06. The van der Waals surface area contributed by atoms with E-state index in [1.165, 1.54) is 18.2 Å². The summed E-state index contributed by atoms with van der Waals surface area (Å²) >= 11 is 6.50. The van der Waals surface area contributed by atoms with Crippen molar-refractivity contribution in [1.82, 2.24) is 10.0 Å². The Balaban J connectivity index is 1.32. The predicted octanol–water partition coefficient (Wildman–Crippen LogP) is 2.76. The molecule has 1 amide bonds. The number of hydrogen-bond donors (Lipinski definition) is 7. The first kappa shape index (κ1) is 39.7. The van der Waals surface area contributed by atoms with Crippen LogP contribution in [-0.4, -0.2) is 95.7 Å². The van der Waals surface area contributed by atoms with Crippen LogP contribution in [0.3, 0.4) is 0 Å². The molecule has 4 atom stereocenters. The van der Waals surface area contributed by atoms with Crippen LogP contribution in [0.5, 0.6) is 5.75 Å². The van der Waals surface area contributed by atoms with Gasteiger partial charge < -0.3 is 40.3 Å². The van der Waals surface area contributed by atoms with Gasteiger partial charge in [-0.3, -0.25) is 4.79 Å². The maximum Gasteiger partial charge on any atom is 0.251 e. The normalized spacial score (nSPS) is 18.5. The van der Waals surface area contributed by atoms with Crippen LogP contribution in [-0.2, 0) is 26.2 Å². The number of sulfonamides is 1. The fourth-order valence-corrected chi connectivity index (χ4v) is 6.74. The largest absolute Gasteiger partial charge is 0.490 e. The highest BCUT2D eigenvalue weighted by Gasteiger charge is 2.48. The number of aliphatic hydroxyl groups excluding tert-OH is 5. The van der Waals surface area contributed by atoms with Gasteiger partial charge in [0.1, 0.15) is 24.1 Å². The molecule has 14 heteroatoms. The number of para-hydroxylation sites is 1. The summed E-state index contributed by atoms with van der Waals surface area (Å²) in [6.07, 6.45) is 2.54. The lowest BCUT2D eigenvalue weighted by Gasteiger charge is -2.25. The molecule has 2 aliphatic rings. The van der Waals surface area contributed by atoms with Gasteiger partial charge in [0.25, 0.3) is 5.91 Å². The molecule has 2 fully saturated rings. The molecule has 0 heterocycles. The maximum absolute atomic E-state index is 13.1. The van der Waals surface area contributed by atoms with Crippen LogP contribution in [0.4, 0.5) is 0 Å². The first-order valence-corrected chi connectivity index (χ1v) is 18.5. The molecular formula is C36H47ClN2O10S. The molecule has 0 aliphatic heterocycles. The quantitative estimate of drug-likeness (QED) is 0.0741. The van der Waals surface area contributed by atoms with E-state index in [1.807, 2.05) is 43.3 Å². The lowest BCUT2D eigenvalue weighted by atomic mass is 9.91. The molecule has 2 aromatic rings. The van der Waals surface area contributed by atoms with Gasteiger partial charge >= 0.3 is 0 Å². The van der Waals surface area contributed by atoms with Gasteiger partial charge in [-0.2, -0.15) is 0 Å². The van der Waals surface area contributed by atoms with Crippen molar-refractivity contribution >= 4 is 33.1 Å². The second-order valence-corrected chi connectivity index (χ2v) is 14.6. The number of ether oxygens (including phenoxy) is 2. The Morgan fingerprint density at radius 2 is 1.78 bits per heavy atom. The summed E-state index contributed by atoms with van der Waals surface area (Å²) in [4.78, 5) is 12.1. The summed E-state index contributed by atoms with van der Waals surface area (Å²) in [7, 11) is -3.92. The molecule has 0 spiro atoms. The van der Waals surface area contributed by atoms with E-state index in [9.17, 15) is 33.6 Å². The summed E-state index contributed by atoms with van der Waals surface area (Å²) in [6.45, 7) is 5.21. The topological polar surface area (TPSA) is 195 Å². The third-order valence-electron chi connectivity index (χ3n) is 8.60. The Morgan fingerprint density at radius 3 is 2.42 bits per heavy atom. The SMILES string of the molecule is C=C/C=C(\C(=C/C)C1(OCc2cc(S(=O)(=O)NCCCCNC(=O)[C@@H](O)[C@@H](O)[C@H](O)[C@@H](O)CO)ccc2Cl)CC1)c1ccccc1OC1CC1. The third-order valence-corrected chi connectivity index (χ3v) is 10.4. The fraction of sp³-hybridized carbons (Fsp3) is 0.472. The van der Waals surface area contributed by atoms with Crippen LogP contribution in [0.1, 0.15) is 56.6 Å². The van der Waals surface area contributed by atoms with Crippen LogP contribution in [0, 0.1) is 0 Å². The van der Waals surface area contributed by atoms with Gasteiger partial charge in [-0.05, 0) is 86.4 Å². The minimum absolute atomic E-state index is 0.0176. The van der Waals surface area contributed by atoms with E-state index in [1.54, 1.807) is 6.08 Å². The van der Waals surface area contributed by atoms with E-state index >= 15 is 0 Å². The molecule has 2 aliphatic carbocycles. The van der Waals surface area contributed by atoms with Gasteiger partial charge in [-0.1, -0.05) is 54.6 Å². The molecule has 12 nitrogen and oxygen atoms in total. The van der Waals surface area contributed by atoms with Crippen molar-refractivity contribution in [2.75, 3.05) is 19.7 Å². The number of benzene rings is 2. The number of hydrogen-bond acceptors (Lipinski definition) is 10. The lowest BCUT2D eigenvalue weighted by molar-refractivity contribution is -0.148. The zero-order valence-electron chi connectivity index (χ0n) is 28.0. The molecule has 50 heavy (non-hydrogen) atoms. The van der Waals surface area contributed by atoms with E-state index in [0.29, 0.717) is 23.4 Å². The summed E-state index contributed by atoms with van der Waals surface area (Å²) < 4.78 is 41.5. The fourth-order valence-electron chi connectivity index (χ4n) is 5.45. The molecule has 4 rings (SSSR count). The number of carbonyl (C=O) groups excluding carboxylic acids is 1. The van der Waals surface area contributed by atoms with Gasteiger partial charge in [-0.25, -0.2) is 13.1 Å². The zero-order chi connectivity index (χ0) is 36.5. The standard InChI is InChI=1S/C36H47ClN2O10S/c1-3-9-26(27-10-5-6-11-31(27)49-24-12-13-24)28(4-2)36(16-17-36)48-22-23-20-25(14-15-29(23)37)50(46,47)39-19-8-7-18-38-35(45)34(44)33(43)32(42)30(41)21-40/h3-6,9-11,14-15,20,24,30,32-34,39-44H,1,7-8,12-13,16-19,21-22H2,2H3,(H,38,45)/b26-9-,28-4+/t30-,32+,33-,34-/m0/s1. The molecule has 0 saturated heterocycles. The van der Waals surface area contributed by atoms with Crippen molar-refractivity contribution in [2.24, 2.45) is 0 Å². The van der Waals surface area contributed by atoms with Crippen LogP contribution in [0.2, 0.25) is 5.02 Å². The van der Waals surface area contributed by atoms with Crippen LogP contribution < -0.4 is 14.8 Å². The first-order chi connectivity index (χ1) is 23.9. The second-order valence-electron chi connectivity index (χ2n) is 12.4. The van der Waals surface area contributed by atoms with Crippen LogP contribution in [0.15, 0.2) is 77.7 Å². The van der Waals surface area contributed by atoms with E-state index in [0.717, 1.165) is 48.1 Å². The van der Waals surface area contributed by atoms with Crippen molar-refractivity contribution in [1.29, 1.82) is 0 Å². The molecular weight excluding hydrogens is 688 g/mol. The summed E-state index contributed by atoms with van der Waals surface area (Å²) in [6, 6.07) is 12.3. The molecule has 0 aromatic heterocycles. The van der Waals surface area contributed by atoms with Gasteiger partial charge in [0, 0.05) is 23.7 Å². The summed E-state index contributed by atoms with van der Waals surface area (Å²) in [5.74, 6) is -0.185. The minimum atomic E-state index is -3.92. The average molecular weight is 735 g/mol. The Bertz CT molecular complexity index is 1660. The summed E-state index contributed by atoms with van der Waals surface area (Å²) in [5, 5.41) is 50.4. The van der Waals surface area contributed by atoms with Gasteiger partial charge in [0.15, 0.2) is 6.10 Å². The second kappa shape index (κ2) is 17.9. The number of rotatable bonds is 21. The molecule has 0 bridgehead atoms. The van der Waals surface area contributed by atoms with Gasteiger partial charge in [-0.15, -0.1) is 0 Å². The highest BCUT2D eigenvalue weighted by atomic mass is 35.5. The first-order valence-electron chi connectivity index (χ1n) is 16.7. The Morgan fingerprint density at radius 1 is 1.08 bits per heavy atom. The van der Waals surface area contributed by atoms with Crippen molar-refractivity contribution in [2.45, 2.75) is 93.1 Å². The zero-order valence-corrected chi connectivity index (χ0v) is 29.6. The monoisotopic (exact) mass is 734 g/mol. The Hall–Kier alpha value is -3.11. The van der Waals surface area contributed by atoms with E-state index in [4.69, 9.17) is 26.2 Å². The molecule has 274 valence electrons. The number of unbranched alkanes of at least 4 members (excludes halogenated alkanes) is 1. The van der Waals surface area contributed by atoms with E-state index < -0.39 is 52.6 Å². The molecule has 2 saturated carbocycles. The highest BCUT2D eigenvalue weighted by Crippen LogP contribution is 2.52. The van der Waals surface area contributed by atoms with Crippen molar-refractivity contribution in [3.63, 3.8) is 0 Å². The number of halogens is 1. The minimum Gasteiger partial charge on any atom is -0.490 e. The number of allylic oxidation sites excluding steroid dienone is 3. The Labute approximate surface area is 298 Å². The Kier molecular flexibility index (Phi) is 14.2. The van der Waals surface area contributed by atoms with Crippen LogP contribution >= 0.6 is 11.6 Å². The number of carbonyl (C=O) groups is 1. The highest BCUT2D eigenvalue weighted by molar-refractivity contribution is 7.89. The number of nitrogens with one attached hydrogen (secondary N) is 2. The molecule has 0 unspecified atom stereocenters. The van der Waals surface area contributed by atoms with Crippen molar-refractivity contribution in [3.05, 3.63) is 89.0 Å². The van der Waals surface area contributed by atoms with Crippen molar-refractivity contribution < 1.29 is 48.2 Å². The summed E-state index contributed by atoms with van der Waals surface area (Å²) in [5.41, 5.74) is 2.83. The lowest BCUT2D eigenvalue weighted by Crippen LogP contribution is -2.51. The number of aliphatic hydroxyl groups is 5. The van der Waals surface area contributed by atoms with E-state index in [-0.39, 0.29) is 30.7 Å². The smallest absolute Gasteiger partial charge is 0.251 e. The van der Waals surface area contributed by atoms with Crippen molar-refractivity contribution in [3.8, 4) is 5.75 Å². The molecule has 2 aromatic carbocycles. The maximum atomic E-state index is 13.1. The molecule has 7 N–H and O–H groups in total. The third kappa shape index (κ3) is 10.2. The van der Waals surface area contributed by atoms with E-state index in [2.05, 4.69) is 16.6 Å². The number of amides is 1. The van der Waals surface area contributed by atoms with Crippen LogP contribution in [0.25, 0.3) is 5.57 Å². The molecule has 0 radical (unpaired) electrons. The van der Waals surface area contributed by atoms with Gasteiger partial charge in [0.2, 0.25) is 10.0 Å². The predicted molar refractivity (Wildman–Crippen MR) is 189 cm³/mol.